The molecule has 1 aliphatic rings. The molecule has 2 aromatic carbocycles. The first-order valence-corrected chi connectivity index (χ1v) is 9.43. The number of amides is 1. The van der Waals surface area contributed by atoms with Crippen LogP contribution in [0.2, 0.25) is 5.02 Å². The molecule has 6 heteroatoms. The predicted octanol–water partition coefficient (Wildman–Crippen LogP) is 4.60. The van der Waals surface area contributed by atoms with Crippen LogP contribution in [0.15, 0.2) is 53.1 Å². The molecule has 0 radical (unpaired) electrons. The summed E-state index contributed by atoms with van der Waals surface area (Å²) in [5.41, 5.74) is 2.90. The normalized spacial score (nSPS) is 16.7. The molecule has 1 atom stereocenters. The van der Waals surface area contributed by atoms with Gasteiger partial charge in [-0.3, -0.25) is 4.79 Å². The van der Waals surface area contributed by atoms with E-state index in [9.17, 15) is 4.79 Å². The van der Waals surface area contributed by atoms with Crippen LogP contribution in [0.5, 0.6) is 0 Å². The lowest BCUT2D eigenvalue weighted by Crippen LogP contribution is -2.32. The SMILES string of the molecule is Cc1cccc(CC(=O)N2CCCC2c2nc(-c3ccccc3Cl)no2)c1. The van der Waals surface area contributed by atoms with Gasteiger partial charge < -0.3 is 9.42 Å². The smallest absolute Gasteiger partial charge is 0.249 e. The summed E-state index contributed by atoms with van der Waals surface area (Å²) in [7, 11) is 0. The zero-order valence-corrected chi connectivity index (χ0v) is 15.8. The lowest BCUT2D eigenvalue weighted by atomic mass is 10.1. The fourth-order valence-corrected chi connectivity index (χ4v) is 3.76. The number of aromatic nitrogens is 2. The van der Waals surface area contributed by atoms with Crippen molar-refractivity contribution in [2.45, 2.75) is 32.2 Å². The summed E-state index contributed by atoms with van der Waals surface area (Å²) in [6, 6.07) is 15.2. The molecule has 3 aromatic rings. The Morgan fingerprint density at radius 3 is 2.93 bits per heavy atom. The molecule has 1 amide bonds. The second-order valence-electron chi connectivity index (χ2n) is 6.85. The molecule has 138 valence electrons. The summed E-state index contributed by atoms with van der Waals surface area (Å²) in [5, 5.41) is 4.65. The van der Waals surface area contributed by atoms with Gasteiger partial charge in [0.1, 0.15) is 6.04 Å². The molecule has 1 aliphatic heterocycles. The first-order valence-electron chi connectivity index (χ1n) is 9.05. The van der Waals surface area contributed by atoms with Gasteiger partial charge in [0.2, 0.25) is 17.6 Å². The number of likely N-dealkylation sites (tertiary alicyclic amines) is 1. The summed E-state index contributed by atoms with van der Waals surface area (Å²) in [5.74, 6) is 1.01. The maximum atomic E-state index is 12.9. The van der Waals surface area contributed by atoms with E-state index >= 15 is 0 Å². The van der Waals surface area contributed by atoms with Crippen LogP contribution in [-0.2, 0) is 11.2 Å². The Bertz CT molecular complexity index is 969. The van der Waals surface area contributed by atoms with Crippen LogP contribution >= 0.6 is 11.6 Å². The highest BCUT2D eigenvalue weighted by molar-refractivity contribution is 6.33. The highest BCUT2D eigenvalue weighted by Gasteiger charge is 2.34. The van der Waals surface area contributed by atoms with Gasteiger partial charge in [0.25, 0.3) is 0 Å². The Morgan fingerprint density at radius 2 is 2.11 bits per heavy atom. The van der Waals surface area contributed by atoms with Gasteiger partial charge in [-0.05, 0) is 37.5 Å². The van der Waals surface area contributed by atoms with Crippen molar-refractivity contribution >= 4 is 17.5 Å². The first kappa shape index (κ1) is 17.7. The van der Waals surface area contributed by atoms with Gasteiger partial charge in [0, 0.05) is 12.1 Å². The number of hydrogen-bond acceptors (Lipinski definition) is 4. The van der Waals surface area contributed by atoms with E-state index in [1.807, 2.05) is 54.3 Å². The quantitative estimate of drug-likeness (QED) is 0.662. The topological polar surface area (TPSA) is 59.2 Å². The van der Waals surface area contributed by atoms with Crippen LogP contribution in [0.25, 0.3) is 11.4 Å². The predicted molar refractivity (Wildman–Crippen MR) is 103 cm³/mol. The molecule has 0 saturated carbocycles. The zero-order valence-electron chi connectivity index (χ0n) is 15.1. The largest absolute Gasteiger partial charge is 0.337 e. The minimum absolute atomic E-state index is 0.0839. The molecule has 0 N–H and O–H groups in total. The van der Waals surface area contributed by atoms with Gasteiger partial charge in [0.05, 0.1) is 11.4 Å². The zero-order chi connectivity index (χ0) is 18.8. The Kier molecular flexibility index (Phi) is 4.94. The summed E-state index contributed by atoms with van der Waals surface area (Å²) >= 11 is 6.22. The third kappa shape index (κ3) is 3.74. The van der Waals surface area contributed by atoms with E-state index < -0.39 is 0 Å². The molecule has 0 bridgehead atoms. The average molecular weight is 382 g/mol. The third-order valence-electron chi connectivity index (χ3n) is 4.85. The number of benzene rings is 2. The number of nitrogens with zero attached hydrogens (tertiary/aromatic N) is 3. The van der Waals surface area contributed by atoms with Crippen LogP contribution in [0.4, 0.5) is 0 Å². The van der Waals surface area contributed by atoms with E-state index in [0.29, 0.717) is 29.7 Å². The van der Waals surface area contributed by atoms with E-state index in [1.165, 1.54) is 0 Å². The Morgan fingerprint density at radius 1 is 1.26 bits per heavy atom. The van der Waals surface area contributed by atoms with Gasteiger partial charge in [-0.1, -0.05) is 58.7 Å². The van der Waals surface area contributed by atoms with Crippen molar-refractivity contribution in [3.63, 3.8) is 0 Å². The monoisotopic (exact) mass is 381 g/mol. The van der Waals surface area contributed by atoms with Crippen LogP contribution < -0.4 is 0 Å². The standard InChI is InChI=1S/C21H20ClN3O2/c1-14-6-4-7-15(12-14)13-19(26)25-11-5-10-18(25)21-23-20(24-27-21)16-8-2-3-9-17(16)22/h2-4,6-9,12,18H,5,10-11,13H2,1H3. The van der Waals surface area contributed by atoms with Gasteiger partial charge in [0.15, 0.2) is 0 Å². The molecule has 1 fully saturated rings. The minimum atomic E-state index is -0.175. The number of aryl methyl sites for hydroxylation is 1. The Balaban J connectivity index is 1.53. The van der Waals surface area contributed by atoms with Gasteiger partial charge in [-0.2, -0.15) is 4.98 Å². The van der Waals surface area contributed by atoms with Crippen molar-refractivity contribution in [1.29, 1.82) is 0 Å². The third-order valence-corrected chi connectivity index (χ3v) is 5.18. The highest BCUT2D eigenvalue weighted by atomic mass is 35.5. The molecular formula is C21H20ClN3O2. The molecule has 5 nitrogen and oxygen atoms in total. The number of halogens is 1. The highest BCUT2D eigenvalue weighted by Crippen LogP contribution is 2.33. The average Bonchev–Trinajstić information content (AvgIpc) is 3.31. The molecular weight excluding hydrogens is 362 g/mol. The Labute approximate surface area is 163 Å². The molecule has 4 rings (SSSR count). The second kappa shape index (κ2) is 7.53. The molecule has 1 saturated heterocycles. The number of rotatable bonds is 4. The van der Waals surface area contributed by atoms with Crippen molar-refractivity contribution < 1.29 is 9.32 Å². The van der Waals surface area contributed by atoms with Gasteiger partial charge in [-0.25, -0.2) is 0 Å². The fourth-order valence-electron chi connectivity index (χ4n) is 3.54. The van der Waals surface area contributed by atoms with E-state index in [-0.39, 0.29) is 11.9 Å². The van der Waals surface area contributed by atoms with Gasteiger partial charge in [-0.15, -0.1) is 0 Å². The van der Waals surface area contributed by atoms with Crippen molar-refractivity contribution in [1.82, 2.24) is 15.0 Å². The fraction of sp³-hybridized carbons (Fsp3) is 0.286. The van der Waals surface area contributed by atoms with E-state index in [2.05, 4.69) is 10.1 Å². The molecule has 27 heavy (non-hydrogen) atoms. The second-order valence-corrected chi connectivity index (χ2v) is 7.25. The van der Waals surface area contributed by atoms with Crippen molar-refractivity contribution in [2.75, 3.05) is 6.54 Å². The summed E-state index contributed by atoms with van der Waals surface area (Å²) in [6.45, 7) is 2.74. The molecule has 0 spiro atoms. The van der Waals surface area contributed by atoms with Crippen LogP contribution in [0.3, 0.4) is 0 Å². The van der Waals surface area contributed by atoms with E-state index in [1.54, 1.807) is 6.07 Å². The summed E-state index contributed by atoms with van der Waals surface area (Å²) in [6.07, 6.45) is 2.13. The van der Waals surface area contributed by atoms with Crippen LogP contribution in [0.1, 0.15) is 35.9 Å². The molecule has 1 aromatic heterocycles. The maximum Gasteiger partial charge on any atom is 0.249 e. The molecule has 0 aliphatic carbocycles. The van der Waals surface area contributed by atoms with Crippen molar-refractivity contribution in [3.05, 3.63) is 70.6 Å². The number of carbonyl (C=O) groups excluding carboxylic acids is 1. The molecule has 2 heterocycles. The lowest BCUT2D eigenvalue weighted by Gasteiger charge is -2.22. The minimum Gasteiger partial charge on any atom is -0.337 e. The summed E-state index contributed by atoms with van der Waals surface area (Å²) < 4.78 is 5.49. The number of hydrogen-bond donors (Lipinski definition) is 0. The van der Waals surface area contributed by atoms with Crippen molar-refractivity contribution in [2.24, 2.45) is 0 Å². The maximum absolute atomic E-state index is 12.9. The van der Waals surface area contributed by atoms with E-state index in [0.717, 1.165) is 29.5 Å². The van der Waals surface area contributed by atoms with Crippen molar-refractivity contribution in [3.8, 4) is 11.4 Å². The Hall–Kier alpha value is -2.66. The number of carbonyl (C=O) groups is 1. The van der Waals surface area contributed by atoms with E-state index in [4.69, 9.17) is 16.1 Å². The first-order chi connectivity index (χ1) is 13.1. The van der Waals surface area contributed by atoms with Gasteiger partial charge >= 0.3 is 0 Å². The summed E-state index contributed by atoms with van der Waals surface area (Å²) in [4.78, 5) is 19.2. The molecule has 1 unspecified atom stereocenters. The van der Waals surface area contributed by atoms with Crippen LogP contribution in [0, 0.1) is 6.92 Å². The lowest BCUT2D eigenvalue weighted by molar-refractivity contribution is -0.131. The van der Waals surface area contributed by atoms with Crippen LogP contribution in [-0.4, -0.2) is 27.5 Å².